The molecule has 5 nitrogen and oxygen atoms in total. The SMILES string of the molecule is CN=C(NCC(C(C)C)N1CCC(C)CC1)NCC(C)(C)OC. The predicted octanol–water partition coefficient (Wildman–Crippen LogP) is 2.33. The number of guanidine groups is 1. The summed E-state index contributed by atoms with van der Waals surface area (Å²) >= 11 is 0. The average Bonchev–Trinajstić information content (AvgIpc) is 2.51. The zero-order valence-electron chi connectivity index (χ0n) is 16.3. The summed E-state index contributed by atoms with van der Waals surface area (Å²) in [5, 5.41) is 6.86. The molecular weight excluding hydrogens is 288 g/mol. The molecule has 0 bridgehead atoms. The zero-order chi connectivity index (χ0) is 17.5. The highest BCUT2D eigenvalue weighted by atomic mass is 16.5. The molecule has 0 aliphatic carbocycles. The van der Waals surface area contributed by atoms with Gasteiger partial charge in [0.05, 0.1) is 5.60 Å². The topological polar surface area (TPSA) is 48.9 Å². The first-order valence-corrected chi connectivity index (χ1v) is 9.02. The number of piperidine rings is 1. The summed E-state index contributed by atoms with van der Waals surface area (Å²) in [6, 6.07) is 0.552. The molecule has 0 aromatic rings. The third-order valence-corrected chi connectivity index (χ3v) is 4.99. The lowest BCUT2D eigenvalue weighted by atomic mass is 9.94. The largest absolute Gasteiger partial charge is 0.377 e. The van der Waals surface area contributed by atoms with Crippen LogP contribution in [-0.4, -0.2) is 62.8 Å². The number of rotatable bonds is 7. The molecule has 136 valence electrons. The van der Waals surface area contributed by atoms with Gasteiger partial charge in [-0.3, -0.25) is 9.89 Å². The Balaban J connectivity index is 2.50. The van der Waals surface area contributed by atoms with Crippen LogP contribution in [0.15, 0.2) is 4.99 Å². The molecule has 1 heterocycles. The van der Waals surface area contributed by atoms with Crippen LogP contribution in [0.3, 0.4) is 0 Å². The van der Waals surface area contributed by atoms with Crippen LogP contribution in [-0.2, 0) is 4.74 Å². The van der Waals surface area contributed by atoms with Crippen molar-refractivity contribution in [3.05, 3.63) is 0 Å². The van der Waals surface area contributed by atoms with E-state index in [2.05, 4.69) is 55.1 Å². The first-order chi connectivity index (χ1) is 10.8. The lowest BCUT2D eigenvalue weighted by Gasteiger charge is -2.39. The Hall–Kier alpha value is -0.810. The molecule has 5 heteroatoms. The van der Waals surface area contributed by atoms with E-state index < -0.39 is 0 Å². The van der Waals surface area contributed by atoms with Crippen molar-refractivity contribution in [2.45, 2.75) is 59.1 Å². The van der Waals surface area contributed by atoms with E-state index in [-0.39, 0.29) is 5.60 Å². The van der Waals surface area contributed by atoms with Crippen molar-refractivity contribution in [2.75, 3.05) is 40.3 Å². The molecule has 0 spiro atoms. The Morgan fingerprint density at radius 3 is 2.35 bits per heavy atom. The van der Waals surface area contributed by atoms with Crippen LogP contribution in [0.5, 0.6) is 0 Å². The highest BCUT2D eigenvalue weighted by Crippen LogP contribution is 2.21. The van der Waals surface area contributed by atoms with Gasteiger partial charge in [-0.15, -0.1) is 0 Å². The molecule has 1 fully saturated rings. The van der Waals surface area contributed by atoms with Crippen molar-refractivity contribution in [3.8, 4) is 0 Å². The average molecular weight is 327 g/mol. The fourth-order valence-corrected chi connectivity index (χ4v) is 2.94. The van der Waals surface area contributed by atoms with Gasteiger partial charge in [0, 0.05) is 33.3 Å². The molecule has 1 rings (SSSR count). The summed E-state index contributed by atoms with van der Waals surface area (Å²) in [6.07, 6.45) is 2.64. The molecule has 1 unspecified atom stereocenters. The van der Waals surface area contributed by atoms with Gasteiger partial charge in [0.1, 0.15) is 0 Å². The fraction of sp³-hybridized carbons (Fsp3) is 0.944. The van der Waals surface area contributed by atoms with E-state index in [4.69, 9.17) is 4.74 Å². The number of nitrogens with zero attached hydrogens (tertiary/aromatic N) is 2. The Labute approximate surface area is 143 Å². The van der Waals surface area contributed by atoms with Gasteiger partial charge < -0.3 is 15.4 Å². The second kappa shape index (κ2) is 9.48. The van der Waals surface area contributed by atoms with Crippen molar-refractivity contribution in [1.29, 1.82) is 0 Å². The maximum atomic E-state index is 5.45. The van der Waals surface area contributed by atoms with Crippen molar-refractivity contribution in [1.82, 2.24) is 15.5 Å². The Kier molecular flexibility index (Phi) is 8.34. The minimum atomic E-state index is -0.196. The van der Waals surface area contributed by atoms with Gasteiger partial charge in [0.2, 0.25) is 0 Å². The number of likely N-dealkylation sites (tertiary alicyclic amines) is 1. The highest BCUT2D eigenvalue weighted by molar-refractivity contribution is 5.79. The quantitative estimate of drug-likeness (QED) is 0.557. The molecule has 1 saturated heterocycles. The first-order valence-electron chi connectivity index (χ1n) is 9.02. The highest BCUT2D eigenvalue weighted by Gasteiger charge is 2.26. The van der Waals surface area contributed by atoms with Gasteiger partial charge in [-0.05, 0) is 51.6 Å². The second-order valence-corrected chi connectivity index (χ2v) is 7.80. The Morgan fingerprint density at radius 1 is 1.26 bits per heavy atom. The third kappa shape index (κ3) is 7.08. The second-order valence-electron chi connectivity index (χ2n) is 7.80. The molecule has 0 amide bonds. The Bertz CT molecular complexity index is 360. The van der Waals surface area contributed by atoms with Crippen LogP contribution in [0.1, 0.15) is 47.5 Å². The fourth-order valence-electron chi connectivity index (χ4n) is 2.94. The van der Waals surface area contributed by atoms with Crippen LogP contribution >= 0.6 is 0 Å². The van der Waals surface area contributed by atoms with Gasteiger partial charge in [0.25, 0.3) is 0 Å². The Morgan fingerprint density at radius 2 is 1.87 bits per heavy atom. The number of nitrogens with one attached hydrogen (secondary N) is 2. The minimum absolute atomic E-state index is 0.196. The number of aliphatic imine (C=N–C) groups is 1. The lowest BCUT2D eigenvalue weighted by molar-refractivity contribution is 0.0267. The molecule has 2 N–H and O–H groups in total. The summed E-state index contributed by atoms with van der Waals surface area (Å²) in [6.45, 7) is 15.2. The number of hydrogen-bond donors (Lipinski definition) is 2. The normalized spacial score (nSPS) is 19.9. The van der Waals surface area contributed by atoms with Crippen LogP contribution in [0.2, 0.25) is 0 Å². The van der Waals surface area contributed by atoms with Crippen LogP contribution in [0, 0.1) is 11.8 Å². The molecule has 1 aliphatic heterocycles. The van der Waals surface area contributed by atoms with Crippen molar-refractivity contribution >= 4 is 5.96 Å². The van der Waals surface area contributed by atoms with Gasteiger partial charge in [-0.2, -0.15) is 0 Å². The molecule has 1 aliphatic rings. The molecule has 0 radical (unpaired) electrons. The molecule has 0 aromatic carbocycles. The number of hydrogen-bond acceptors (Lipinski definition) is 3. The molecule has 0 saturated carbocycles. The monoisotopic (exact) mass is 326 g/mol. The molecular formula is C18H38N4O. The first kappa shape index (κ1) is 20.2. The molecule has 1 atom stereocenters. The van der Waals surface area contributed by atoms with Crippen molar-refractivity contribution < 1.29 is 4.74 Å². The van der Waals surface area contributed by atoms with E-state index in [1.807, 2.05) is 7.05 Å². The van der Waals surface area contributed by atoms with Gasteiger partial charge in [0.15, 0.2) is 5.96 Å². The summed E-state index contributed by atoms with van der Waals surface area (Å²) < 4.78 is 5.45. The van der Waals surface area contributed by atoms with Crippen LogP contribution in [0.25, 0.3) is 0 Å². The van der Waals surface area contributed by atoms with Crippen LogP contribution < -0.4 is 10.6 Å². The molecule has 23 heavy (non-hydrogen) atoms. The van der Waals surface area contributed by atoms with E-state index in [1.54, 1.807) is 7.11 Å². The summed E-state index contributed by atoms with van der Waals surface area (Å²) in [5.74, 6) is 2.35. The minimum Gasteiger partial charge on any atom is -0.377 e. The van der Waals surface area contributed by atoms with E-state index in [0.29, 0.717) is 12.0 Å². The van der Waals surface area contributed by atoms with E-state index >= 15 is 0 Å². The van der Waals surface area contributed by atoms with Gasteiger partial charge >= 0.3 is 0 Å². The van der Waals surface area contributed by atoms with Gasteiger partial charge in [-0.25, -0.2) is 0 Å². The maximum absolute atomic E-state index is 5.45. The van der Waals surface area contributed by atoms with Crippen molar-refractivity contribution in [2.24, 2.45) is 16.8 Å². The summed E-state index contributed by atoms with van der Waals surface area (Å²) in [4.78, 5) is 6.98. The van der Waals surface area contributed by atoms with Gasteiger partial charge in [-0.1, -0.05) is 20.8 Å². The third-order valence-electron chi connectivity index (χ3n) is 4.99. The number of methoxy groups -OCH3 is 1. The van der Waals surface area contributed by atoms with E-state index in [1.165, 1.54) is 25.9 Å². The van der Waals surface area contributed by atoms with E-state index in [0.717, 1.165) is 25.0 Å². The summed E-state index contributed by atoms with van der Waals surface area (Å²) in [7, 11) is 3.56. The standard InChI is InChI=1S/C18H38N4O/c1-14(2)16(22-10-8-15(3)9-11-22)12-20-17(19-6)21-13-18(4,5)23-7/h14-16H,8-13H2,1-7H3,(H2,19,20,21). The smallest absolute Gasteiger partial charge is 0.191 e. The van der Waals surface area contributed by atoms with Crippen molar-refractivity contribution in [3.63, 3.8) is 0 Å². The lowest BCUT2D eigenvalue weighted by Crippen LogP contribution is -2.52. The zero-order valence-corrected chi connectivity index (χ0v) is 16.3. The summed E-state index contributed by atoms with van der Waals surface area (Å²) in [5.41, 5.74) is -0.196. The maximum Gasteiger partial charge on any atom is 0.191 e. The van der Waals surface area contributed by atoms with Crippen LogP contribution in [0.4, 0.5) is 0 Å². The van der Waals surface area contributed by atoms with E-state index in [9.17, 15) is 0 Å². The predicted molar refractivity (Wildman–Crippen MR) is 99.0 cm³/mol. The molecule has 0 aromatic heterocycles. The number of ether oxygens (including phenoxy) is 1.